The maximum atomic E-state index is 3.46. The van der Waals surface area contributed by atoms with Crippen molar-refractivity contribution in [3.8, 4) is 0 Å². The van der Waals surface area contributed by atoms with E-state index < -0.39 is 0 Å². The van der Waals surface area contributed by atoms with Crippen molar-refractivity contribution in [1.82, 2.24) is 15.1 Å². The molecule has 0 aromatic rings. The molecule has 0 aromatic heterocycles. The molecule has 0 aromatic carbocycles. The van der Waals surface area contributed by atoms with Gasteiger partial charge in [-0.15, -0.1) is 0 Å². The average molecular weight is 225 g/mol. The molecule has 0 aliphatic carbocycles. The SMILES string of the molecule is CN(C)C[C@@H]1CCCN(C2CCNCC2)C1. The Hall–Kier alpha value is -0.120. The lowest BCUT2D eigenvalue weighted by molar-refractivity contribution is 0.0916. The number of rotatable bonds is 3. The summed E-state index contributed by atoms with van der Waals surface area (Å²) in [5, 5.41) is 3.46. The normalized spacial score (nSPS) is 29.8. The molecule has 2 aliphatic heterocycles. The summed E-state index contributed by atoms with van der Waals surface area (Å²) in [6.45, 7) is 6.39. The Morgan fingerprint density at radius 1 is 1.19 bits per heavy atom. The van der Waals surface area contributed by atoms with Gasteiger partial charge in [0.2, 0.25) is 0 Å². The Morgan fingerprint density at radius 2 is 1.94 bits per heavy atom. The van der Waals surface area contributed by atoms with E-state index in [1.165, 1.54) is 58.4 Å². The van der Waals surface area contributed by atoms with Crippen LogP contribution in [0.5, 0.6) is 0 Å². The second-order valence-electron chi connectivity index (χ2n) is 5.75. The average Bonchev–Trinajstić information content (AvgIpc) is 2.30. The third-order valence-electron chi connectivity index (χ3n) is 4.00. The molecular formula is C13H27N3. The lowest BCUT2D eigenvalue weighted by Gasteiger charge is -2.40. The predicted molar refractivity (Wildman–Crippen MR) is 68.7 cm³/mol. The van der Waals surface area contributed by atoms with Crippen molar-refractivity contribution >= 4 is 0 Å². The number of likely N-dealkylation sites (tertiary alicyclic amines) is 1. The first-order valence-electron chi connectivity index (χ1n) is 6.85. The van der Waals surface area contributed by atoms with Gasteiger partial charge in [0.1, 0.15) is 0 Å². The van der Waals surface area contributed by atoms with Crippen molar-refractivity contribution in [2.24, 2.45) is 5.92 Å². The molecule has 3 nitrogen and oxygen atoms in total. The van der Waals surface area contributed by atoms with Crippen LogP contribution in [0.15, 0.2) is 0 Å². The van der Waals surface area contributed by atoms with Crippen LogP contribution in [0.25, 0.3) is 0 Å². The molecule has 0 saturated carbocycles. The van der Waals surface area contributed by atoms with Gasteiger partial charge in [0.15, 0.2) is 0 Å². The molecular weight excluding hydrogens is 198 g/mol. The minimum absolute atomic E-state index is 0.867. The van der Waals surface area contributed by atoms with Gasteiger partial charge in [-0.25, -0.2) is 0 Å². The van der Waals surface area contributed by atoms with Gasteiger partial charge in [0, 0.05) is 19.1 Å². The van der Waals surface area contributed by atoms with E-state index in [1.54, 1.807) is 0 Å². The predicted octanol–water partition coefficient (Wildman–Crippen LogP) is 1.01. The second-order valence-corrected chi connectivity index (χ2v) is 5.75. The van der Waals surface area contributed by atoms with E-state index >= 15 is 0 Å². The fourth-order valence-electron chi connectivity index (χ4n) is 3.27. The zero-order chi connectivity index (χ0) is 11.4. The molecule has 0 amide bonds. The van der Waals surface area contributed by atoms with Gasteiger partial charge in [0.05, 0.1) is 0 Å². The van der Waals surface area contributed by atoms with Crippen molar-refractivity contribution in [3.05, 3.63) is 0 Å². The van der Waals surface area contributed by atoms with E-state index in [4.69, 9.17) is 0 Å². The lowest BCUT2D eigenvalue weighted by Crippen LogP contribution is -2.48. The van der Waals surface area contributed by atoms with Crippen LogP contribution in [0, 0.1) is 5.92 Å². The molecule has 0 unspecified atom stereocenters. The summed E-state index contributed by atoms with van der Waals surface area (Å²) in [5.41, 5.74) is 0. The van der Waals surface area contributed by atoms with E-state index in [1.807, 2.05) is 0 Å². The molecule has 0 bridgehead atoms. The van der Waals surface area contributed by atoms with Crippen molar-refractivity contribution in [1.29, 1.82) is 0 Å². The maximum absolute atomic E-state index is 3.46. The van der Waals surface area contributed by atoms with Gasteiger partial charge in [-0.2, -0.15) is 0 Å². The summed E-state index contributed by atoms with van der Waals surface area (Å²) in [4.78, 5) is 5.11. The van der Waals surface area contributed by atoms with E-state index in [9.17, 15) is 0 Å². The number of nitrogens with zero attached hydrogens (tertiary/aromatic N) is 2. The molecule has 1 atom stereocenters. The van der Waals surface area contributed by atoms with E-state index in [-0.39, 0.29) is 0 Å². The Labute approximate surface area is 100 Å². The van der Waals surface area contributed by atoms with Crippen molar-refractivity contribution < 1.29 is 0 Å². The molecule has 0 radical (unpaired) electrons. The Balaban J connectivity index is 1.80. The number of nitrogens with one attached hydrogen (secondary N) is 1. The highest BCUT2D eigenvalue weighted by molar-refractivity contribution is 4.83. The van der Waals surface area contributed by atoms with Crippen LogP contribution < -0.4 is 5.32 Å². The molecule has 2 fully saturated rings. The Morgan fingerprint density at radius 3 is 2.62 bits per heavy atom. The van der Waals surface area contributed by atoms with Crippen LogP contribution in [0.1, 0.15) is 25.7 Å². The highest BCUT2D eigenvalue weighted by atomic mass is 15.2. The van der Waals surface area contributed by atoms with E-state index in [0.717, 1.165) is 12.0 Å². The van der Waals surface area contributed by atoms with Crippen molar-refractivity contribution in [2.45, 2.75) is 31.7 Å². The fourth-order valence-corrected chi connectivity index (χ4v) is 3.27. The minimum Gasteiger partial charge on any atom is -0.317 e. The first-order chi connectivity index (χ1) is 7.75. The van der Waals surface area contributed by atoms with E-state index in [0.29, 0.717) is 0 Å². The summed E-state index contributed by atoms with van der Waals surface area (Å²) in [7, 11) is 4.40. The van der Waals surface area contributed by atoms with Crippen molar-refractivity contribution in [2.75, 3.05) is 46.8 Å². The summed E-state index contributed by atoms with van der Waals surface area (Å²) in [5.74, 6) is 0.902. The van der Waals surface area contributed by atoms with Crippen LogP contribution in [-0.2, 0) is 0 Å². The first kappa shape index (κ1) is 12.3. The lowest BCUT2D eigenvalue weighted by atomic mass is 9.94. The topological polar surface area (TPSA) is 18.5 Å². The minimum atomic E-state index is 0.867. The largest absolute Gasteiger partial charge is 0.317 e. The van der Waals surface area contributed by atoms with Gasteiger partial charge >= 0.3 is 0 Å². The highest BCUT2D eigenvalue weighted by Crippen LogP contribution is 2.22. The fraction of sp³-hybridized carbons (Fsp3) is 1.00. The van der Waals surface area contributed by atoms with Crippen LogP contribution >= 0.6 is 0 Å². The number of hydrogen-bond acceptors (Lipinski definition) is 3. The van der Waals surface area contributed by atoms with Crippen LogP contribution in [-0.4, -0.2) is 62.7 Å². The second kappa shape index (κ2) is 5.99. The Bertz CT molecular complexity index is 199. The monoisotopic (exact) mass is 225 g/mol. The maximum Gasteiger partial charge on any atom is 0.0119 e. The molecule has 94 valence electrons. The first-order valence-corrected chi connectivity index (χ1v) is 6.85. The standard InChI is InChI=1S/C13H27N3/c1-15(2)10-12-4-3-9-16(11-12)13-5-7-14-8-6-13/h12-14H,3-11H2,1-2H3/t12-/m0/s1. The molecule has 2 saturated heterocycles. The molecule has 2 rings (SSSR count). The molecule has 3 heteroatoms. The van der Waals surface area contributed by atoms with Gasteiger partial charge in [-0.1, -0.05) is 0 Å². The van der Waals surface area contributed by atoms with Gasteiger partial charge in [0.25, 0.3) is 0 Å². The molecule has 2 heterocycles. The third-order valence-corrected chi connectivity index (χ3v) is 4.00. The summed E-state index contributed by atoms with van der Waals surface area (Å²) in [6.07, 6.45) is 5.55. The zero-order valence-corrected chi connectivity index (χ0v) is 10.9. The number of hydrogen-bond donors (Lipinski definition) is 1. The molecule has 16 heavy (non-hydrogen) atoms. The van der Waals surface area contributed by atoms with Crippen molar-refractivity contribution in [3.63, 3.8) is 0 Å². The molecule has 2 aliphatic rings. The van der Waals surface area contributed by atoms with Gasteiger partial charge in [-0.05, 0) is 65.3 Å². The quantitative estimate of drug-likeness (QED) is 0.773. The molecule has 0 spiro atoms. The third kappa shape index (κ3) is 3.44. The molecule has 1 N–H and O–H groups in total. The zero-order valence-electron chi connectivity index (χ0n) is 10.9. The summed E-state index contributed by atoms with van der Waals surface area (Å²) in [6, 6.07) is 0.867. The van der Waals surface area contributed by atoms with Crippen LogP contribution in [0.2, 0.25) is 0 Å². The van der Waals surface area contributed by atoms with Gasteiger partial charge in [-0.3, -0.25) is 4.90 Å². The van der Waals surface area contributed by atoms with Gasteiger partial charge < -0.3 is 10.2 Å². The number of piperidine rings is 2. The Kier molecular flexibility index (Phi) is 4.62. The van der Waals surface area contributed by atoms with E-state index in [2.05, 4.69) is 29.2 Å². The highest BCUT2D eigenvalue weighted by Gasteiger charge is 2.26. The van der Waals surface area contributed by atoms with Crippen LogP contribution in [0.4, 0.5) is 0 Å². The smallest absolute Gasteiger partial charge is 0.0119 e. The summed E-state index contributed by atoms with van der Waals surface area (Å²) >= 11 is 0. The summed E-state index contributed by atoms with van der Waals surface area (Å²) < 4.78 is 0. The van der Waals surface area contributed by atoms with Crippen LogP contribution in [0.3, 0.4) is 0 Å².